The summed E-state index contributed by atoms with van der Waals surface area (Å²) >= 11 is 0. The Labute approximate surface area is 132 Å². The predicted molar refractivity (Wildman–Crippen MR) is 90.4 cm³/mol. The van der Waals surface area contributed by atoms with Crippen LogP contribution in [0.25, 0.3) is 5.57 Å². The SMILES string of the molecule is C=C1c2ccccc2N(S(=O)(=O)c2ccc(C)cc2)C1CC. The molecule has 0 fully saturated rings. The van der Waals surface area contributed by atoms with Gasteiger partial charge in [0, 0.05) is 5.56 Å². The number of hydrogen-bond acceptors (Lipinski definition) is 2. The zero-order valence-corrected chi connectivity index (χ0v) is 13.6. The van der Waals surface area contributed by atoms with Gasteiger partial charge in [0.1, 0.15) is 0 Å². The molecule has 3 nitrogen and oxygen atoms in total. The molecule has 1 aliphatic heterocycles. The molecular formula is C18H19NO2S. The topological polar surface area (TPSA) is 37.4 Å². The molecule has 4 heteroatoms. The second kappa shape index (κ2) is 5.29. The molecule has 0 saturated heterocycles. The first-order valence-electron chi connectivity index (χ1n) is 7.36. The van der Waals surface area contributed by atoms with E-state index in [9.17, 15) is 8.42 Å². The van der Waals surface area contributed by atoms with Crippen molar-refractivity contribution >= 4 is 21.3 Å². The van der Waals surface area contributed by atoms with Crippen LogP contribution in [0, 0.1) is 6.92 Å². The van der Waals surface area contributed by atoms with Gasteiger partial charge in [-0.05, 0) is 37.1 Å². The van der Waals surface area contributed by atoms with Crippen molar-refractivity contribution in [2.24, 2.45) is 0 Å². The number of sulfonamides is 1. The molecule has 2 aromatic rings. The minimum atomic E-state index is -3.59. The summed E-state index contributed by atoms with van der Waals surface area (Å²) in [6.45, 7) is 8.04. The van der Waals surface area contributed by atoms with Gasteiger partial charge in [0.05, 0.1) is 16.6 Å². The summed E-state index contributed by atoms with van der Waals surface area (Å²) in [5.41, 5.74) is 3.55. The van der Waals surface area contributed by atoms with Crippen molar-refractivity contribution in [2.75, 3.05) is 4.31 Å². The van der Waals surface area contributed by atoms with Crippen molar-refractivity contribution in [1.29, 1.82) is 0 Å². The maximum atomic E-state index is 13.1. The van der Waals surface area contributed by atoms with Crippen molar-refractivity contribution in [3.05, 3.63) is 66.2 Å². The Balaban J connectivity index is 2.17. The van der Waals surface area contributed by atoms with Crippen molar-refractivity contribution in [1.82, 2.24) is 0 Å². The lowest BCUT2D eigenvalue weighted by Crippen LogP contribution is -2.36. The molecule has 0 amide bonds. The minimum Gasteiger partial charge on any atom is -0.258 e. The van der Waals surface area contributed by atoms with Crippen LogP contribution in [0.15, 0.2) is 60.0 Å². The number of fused-ring (bicyclic) bond motifs is 1. The summed E-state index contributed by atoms with van der Waals surface area (Å²) < 4.78 is 27.7. The molecular weight excluding hydrogens is 294 g/mol. The van der Waals surface area contributed by atoms with Gasteiger partial charge in [-0.3, -0.25) is 4.31 Å². The summed E-state index contributed by atoms with van der Waals surface area (Å²) in [7, 11) is -3.59. The molecule has 1 heterocycles. The fraction of sp³-hybridized carbons (Fsp3) is 0.222. The van der Waals surface area contributed by atoms with Crippen LogP contribution in [0.5, 0.6) is 0 Å². The van der Waals surface area contributed by atoms with E-state index < -0.39 is 10.0 Å². The maximum absolute atomic E-state index is 13.1. The van der Waals surface area contributed by atoms with Crippen LogP contribution in [0.3, 0.4) is 0 Å². The van der Waals surface area contributed by atoms with E-state index >= 15 is 0 Å². The predicted octanol–water partition coefficient (Wildman–Crippen LogP) is 4.00. The summed E-state index contributed by atoms with van der Waals surface area (Å²) in [5.74, 6) is 0. The van der Waals surface area contributed by atoms with Crippen molar-refractivity contribution in [2.45, 2.75) is 31.2 Å². The summed E-state index contributed by atoms with van der Waals surface area (Å²) in [5, 5.41) is 0. The van der Waals surface area contributed by atoms with Gasteiger partial charge in [0.25, 0.3) is 10.0 Å². The van der Waals surface area contributed by atoms with Crippen molar-refractivity contribution in [3.8, 4) is 0 Å². The number of anilines is 1. The normalized spacial score (nSPS) is 17.6. The van der Waals surface area contributed by atoms with E-state index in [4.69, 9.17) is 0 Å². The van der Waals surface area contributed by atoms with E-state index in [2.05, 4.69) is 6.58 Å². The number of para-hydroxylation sites is 1. The number of benzene rings is 2. The maximum Gasteiger partial charge on any atom is 0.264 e. The van der Waals surface area contributed by atoms with Gasteiger partial charge in [-0.15, -0.1) is 0 Å². The minimum absolute atomic E-state index is 0.219. The first-order valence-corrected chi connectivity index (χ1v) is 8.80. The lowest BCUT2D eigenvalue weighted by Gasteiger charge is -2.26. The smallest absolute Gasteiger partial charge is 0.258 e. The number of rotatable bonds is 3. The van der Waals surface area contributed by atoms with Crippen molar-refractivity contribution in [3.63, 3.8) is 0 Å². The molecule has 0 aliphatic carbocycles. The largest absolute Gasteiger partial charge is 0.264 e. The second-order valence-corrected chi connectivity index (χ2v) is 7.40. The van der Waals surface area contributed by atoms with Crippen LogP contribution >= 0.6 is 0 Å². The van der Waals surface area contributed by atoms with E-state index in [-0.39, 0.29) is 6.04 Å². The fourth-order valence-corrected chi connectivity index (χ4v) is 4.70. The Morgan fingerprint density at radius 1 is 1.09 bits per heavy atom. The van der Waals surface area contributed by atoms with Crippen LogP contribution in [-0.2, 0) is 10.0 Å². The average molecular weight is 313 g/mol. The summed E-state index contributed by atoms with van der Waals surface area (Å²) in [6, 6.07) is 14.3. The van der Waals surface area contributed by atoms with Gasteiger partial charge < -0.3 is 0 Å². The number of hydrogen-bond donors (Lipinski definition) is 0. The lowest BCUT2D eigenvalue weighted by molar-refractivity contribution is 0.586. The molecule has 0 N–H and O–H groups in total. The Hall–Kier alpha value is -2.07. The summed E-state index contributed by atoms with van der Waals surface area (Å²) in [6.07, 6.45) is 0.693. The standard InChI is InChI=1S/C18H19NO2S/c1-4-17-14(3)16-7-5-6-8-18(16)19(17)22(20,21)15-11-9-13(2)10-12-15/h5-12,17H,3-4H2,1-2H3. The van der Waals surface area contributed by atoms with Gasteiger partial charge in [-0.25, -0.2) is 8.42 Å². The van der Waals surface area contributed by atoms with E-state index in [0.29, 0.717) is 11.3 Å². The number of nitrogens with zero attached hydrogens (tertiary/aromatic N) is 1. The molecule has 1 atom stereocenters. The third-order valence-corrected chi connectivity index (χ3v) is 5.97. The quantitative estimate of drug-likeness (QED) is 0.859. The van der Waals surface area contributed by atoms with E-state index in [1.807, 2.05) is 50.2 Å². The Morgan fingerprint density at radius 3 is 2.36 bits per heavy atom. The molecule has 0 saturated carbocycles. The molecule has 0 spiro atoms. The molecule has 114 valence electrons. The monoisotopic (exact) mass is 313 g/mol. The van der Waals surface area contributed by atoms with Gasteiger partial charge in [-0.2, -0.15) is 0 Å². The van der Waals surface area contributed by atoms with Crippen LogP contribution in [0.1, 0.15) is 24.5 Å². The molecule has 3 rings (SSSR count). The molecule has 0 aromatic heterocycles. The number of aryl methyl sites for hydroxylation is 1. The van der Waals surface area contributed by atoms with Gasteiger partial charge in [0.2, 0.25) is 0 Å². The van der Waals surface area contributed by atoms with E-state index in [0.717, 1.165) is 22.4 Å². The average Bonchev–Trinajstić information content (AvgIpc) is 2.81. The third kappa shape index (κ3) is 2.15. The van der Waals surface area contributed by atoms with Gasteiger partial charge >= 0.3 is 0 Å². The van der Waals surface area contributed by atoms with Crippen molar-refractivity contribution < 1.29 is 8.42 Å². The molecule has 22 heavy (non-hydrogen) atoms. The Kier molecular flexibility index (Phi) is 3.57. The third-order valence-electron chi connectivity index (χ3n) is 4.14. The van der Waals surface area contributed by atoms with E-state index in [1.165, 1.54) is 4.31 Å². The molecule has 0 bridgehead atoms. The first kappa shape index (κ1) is 14.9. The van der Waals surface area contributed by atoms with Crippen LogP contribution in [0.2, 0.25) is 0 Å². The highest BCUT2D eigenvalue weighted by Crippen LogP contribution is 2.43. The van der Waals surface area contributed by atoms with Crippen LogP contribution < -0.4 is 4.31 Å². The molecule has 2 aromatic carbocycles. The van der Waals surface area contributed by atoms with Crippen LogP contribution in [-0.4, -0.2) is 14.5 Å². The molecule has 1 aliphatic rings. The molecule has 1 unspecified atom stereocenters. The summed E-state index contributed by atoms with van der Waals surface area (Å²) in [4.78, 5) is 0.320. The van der Waals surface area contributed by atoms with Gasteiger partial charge in [-0.1, -0.05) is 49.4 Å². The van der Waals surface area contributed by atoms with Gasteiger partial charge in [0.15, 0.2) is 0 Å². The Morgan fingerprint density at radius 2 is 1.73 bits per heavy atom. The highest BCUT2D eigenvalue weighted by atomic mass is 32.2. The Bertz CT molecular complexity index is 822. The highest BCUT2D eigenvalue weighted by Gasteiger charge is 2.39. The zero-order valence-electron chi connectivity index (χ0n) is 12.8. The van der Waals surface area contributed by atoms with Crippen LogP contribution in [0.4, 0.5) is 5.69 Å². The fourth-order valence-electron chi connectivity index (χ4n) is 2.96. The zero-order chi connectivity index (χ0) is 15.9. The lowest BCUT2D eigenvalue weighted by atomic mass is 10.0. The second-order valence-electron chi connectivity index (χ2n) is 5.58. The van der Waals surface area contributed by atoms with E-state index in [1.54, 1.807) is 12.1 Å². The highest BCUT2D eigenvalue weighted by molar-refractivity contribution is 7.93. The first-order chi connectivity index (χ1) is 10.5. The molecule has 0 radical (unpaired) electrons.